The average Bonchev–Trinajstić information content (AvgIpc) is 3.24. The van der Waals surface area contributed by atoms with Crippen molar-refractivity contribution in [2.24, 2.45) is 0 Å². The third-order valence-corrected chi connectivity index (χ3v) is 20.8. The molecule has 22 heteroatoms. The second-order valence-corrected chi connectivity index (χ2v) is 25.0. The van der Waals surface area contributed by atoms with Crippen molar-refractivity contribution in [3.8, 4) is 0 Å². The molecule has 56 heavy (non-hydrogen) atoms. The van der Waals surface area contributed by atoms with Gasteiger partial charge in [-0.1, -0.05) is 6.92 Å². The molecule has 338 valence electrons. The Balaban J connectivity index is 5.31. The molecule has 3 unspecified atom stereocenters. The molecule has 0 saturated carbocycles. The van der Waals surface area contributed by atoms with Crippen LogP contribution in [0.2, 0.25) is 24.2 Å². The summed E-state index contributed by atoms with van der Waals surface area (Å²) in [5.74, 6) is 0. The molecule has 0 aliphatic rings. The summed E-state index contributed by atoms with van der Waals surface area (Å²) in [6.45, 7) is 5.62. The molecule has 0 aromatic carbocycles. The summed E-state index contributed by atoms with van der Waals surface area (Å²) in [7, 11) is 8.47. The van der Waals surface area contributed by atoms with Crippen LogP contribution in [0.15, 0.2) is 0 Å². The maximum Gasteiger partial charge on any atom is 0.500 e. The molecular weight excluding hydrogens is 809 g/mol. The van der Waals surface area contributed by atoms with Gasteiger partial charge in [-0.3, -0.25) is 0 Å². The standard InChI is InChI=1S/C34H78O18Si4/c1-14-32(52-31-34(51-22-18-26-56(44-11,45-12)46-13)29-48-20-16-24-54(38-5,39-6)40-7)27-49-30-33(50-21-17-25-55(41-8,42-9)43-10)28-47-19-15-23-53(35-2,36-3)37-4/h32-34H,14-31H2,1-13H3. The Labute approximate surface area is 342 Å². The van der Waals surface area contributed by atoms with Crippen molar-refractivity contribution in [3.05, 3.63) is 0 Å². The number of hydrogen-bond acceptors (Lipinski definition) is 18. The third kappa shape index (κ3) is 22.1. The van der Waals surface area contributed by atoms with Crippen molar-refractivity contribution in [2.75, 3.05) is 145 Å². The highest BCUT2D eigenvalue weighted by Crippen LogP contribution is 2.19. The summed E-state index contributed by atoms with van der Waals surface area (Å²) >= 11 is 0. The van der Waals surface area contributed by atoms with Crippen LogP contribution in [-0.2, 0) is 81.5 Å². The largest absolute Gasteiger partial charge is 0.500 e. The molecule has 0 bridgehead atoms. The van der Waals surface area contributed by atoms with E-state index < -0.39 is 35.2 Å². The molecule has 0 aliphatic carbocycles. The van der Waals surface area contributed by atoms with Gasteiger partial charge >= 0.3 is 35.2 Å². The van der Waals surface area contributed by atoms with Crippen LogP contribution in [0.3, 0.4) is 0 Å². The van der Waals surface area contributed by atoms with Crippen LogP contribution < -0.4 is 0 Å². The predicted octanol–water partition coefficient (Wildman–Crippen LogP) is 3.67. The van der Waals surface area contributed by atoms with E-state index in [1.807, 2.05) is 0 Å². The second-order valence-electron chi connectivity index (χ2n) is 12.6. The lowest BCUT2D eigenvalue weighted by Crippen LogP contribution is -2.43. The first kappa shape index (κ1) is 56.1. The molecule has 0 heterocycles. The van der Waals surface area contributed by atoms with Crippen LogP contribution in [0.5, 0.6) is 0 Å². The smallest absolute Gasteiger partial charge is 0.379 e. The highest BCUT2D eigenvalue weighted by atomic mass is 28.4. The summed E-state index contributed by atoms with van der Waals surface area (Å²) in [6.07, 6.45) is 2.72. The first-order chi connectivity index (χ1) is 27.0. The highest BCUT2D eigenvalue weighted by molar-refractivity contribution is 6.61. The van der Waals surface area contributed by atoms with Crippen molar-refractivity contribution in [1.82, 2.24) is 0 Å². The van der Waals surface area contributed by atoms with Crippen LogP contribution in [-0.4, -0.2) is 198 Å². The fourth-order valence-corrected chi connectivity index (χ4v) is 12.4. The van der Waals surface area contributed by atoms with Crippen molar-refractivity contribution in [1.29, 1.82) is 0 Å². The van der Waals surface area contributed by atoms with Crippen LogP contribution in [0.4, 0.5) is 0 Å². The maximum absolute atomic E-state index is 6.32. The Morgan fingerprint density at radius 1 is 0.304 bits per heavy atom. The van der Waals surface area contributed by atoms with E-state index in [2.05, 4.69) is 6.92 Å². The van der Waals surface area contributed by atoms with Gasteiger partial charge in [0.1, 0.15) is 12.2 Å². The zero-order valence-corrected chi connectivity index (χ0v) is 40.8. The second kappa shape index (κ2) is 33.8. The van der Waals surface area contributed by atoms with Gasteiger partial charge in [0.15, 0.2) is 0 Å². The molecule has 0 amide bonds. The van der Waals surface area contributed by atoms with E-state index in [0.717, 1.165) is 6.42 Å². The van der Waals surface area contributed by atoms with E-state index in [0.29, 0.717) is 109 Å². The normalized spacial score (nSPS) is 14.7. The zero-order chi connectivity index (χ0) is 42.2. The quantitative estimate of drug-likeness (QED) is 0.0643. The monoisotopic (exact) mass is 886 g/mol. The number of rotatable bonds is 42. The van der Waals surface area contributed by atoms with Crippen LogP contribution in [0, 0.1) is 0 Å². The fourth-order valence-electron chi connectivity index (χ4n) is 5.66. The van der Waals surface area contributed by atoms with Crippen LogP contribution in [0.1, 0.15) is 39.0 Å². The van der Waals surface area contributed by atoms with Crippen molar-refractivity contribution in [2.45, 2.75) is 81.5 Å². The van der Waals surface area contributed by atoms with E-state index in [4.69, 9.17) is 81.5 Å². The molecule has 0 aliphatic heterocycles. The minimum Gasteiger partial charge on any atom is -0.379 e. The molecule has 0 rings (SSSR count). The van der Waals surface area contributed by atoms with Gasteiger partial charge in [-0.05, 0) is 32.1 Å². The van der Waals surface area contributed by atoms with Crippen LogP contribution in [0.25, 0.3) is 0 Å². The van der Waals surface area contributed by atoms with E-state index in [9.17, 15) is 0 Å². The Morgan fingerprint density at radius 2 is 0.571 bits per heavy atom. The van der Waals surface area contributed by atoms with E-state index in [-0.39, 0.29) is 18.3 Å². The zero-order valence-electron chi connectivity index (χ0n) is 36.8. The molecule has 18 nitrogen and oxygen atoms in total. The molecule has 0 N–H and O–H groups in total. The van der Waals surface area contributed by atoms with Crippen molar-refractivity contribution < 1.29 is 81.5 Å². The van der Waals surface area contributed by atoms with Crippen molar-refractivity contribution >= 4 is 35.2 Å². The molecule has 0 fully saturated rings. The molecule has 0 saturated heterocycles. The Hall–Kier alpha value is 0.148. The Bertz CT molecular complexity index is 855. The van der Waals surface area contributed by atoms with Gasteiger partial charge in [0.25, 0.3) is 0 Å². The number of ether oxygens (including phenoxy) is 6. The van der Waals surface area contributed by atoms with E-state index in [1.54, 1.807) is 85.3 Å². The topological polar surface area (TPSA) is 166 Å². The van der Waals surface area contributed by atoms with Gasteiger partial charge < -0.3 is 81.5 Å². The minimum atomic E-state index is -2.71. The molecular formula is C34H78O18Si4. The SMILES string of the molecule is CCC(COCC(COCCC[Si](OC)(OC)OC)OCCC[Si](OC)(OC)OC)OCC(COCCC[Si](OC)(OC)OC)OCCC[Si](OC)(OC)OC. The lowest BCUT2D eigenvalue weighted by atomic mass is 10.3. The average molecular weight is 887 g/mol. The fraction of sp³-hybridized carbons (Fsp3) is 1.00. The molecule has 0 radical (unpaired) electrons. The van der Waals surface area contributed by atoms with E-state index >= 15 is 0 Å². The first-order valence-electron chi connectivity index (χ1n) is 19.2. The maximum atomic E-state index is 6.32. The lowest BCUT2D eigenvalue weighted by molar-refractivity contribution is -0.106. The summed E-state index contributed by atoms with van der Waals surface area (Å²) in [4.78, 5) is 0. The van der Waals surface area contributed by atoms with Gasteiger partial charge in [-0.25, -0.2) is 0 Å². The van der Waals surface area contributed by atoms with Gasteiger partial charge in [0.05, 0.1) is 39.1 Å². The Kier molecular flexibility index (Phi) is 33.9. The molecule has 3 atom stereocenters. The number of hydrogen-bond donors (Lipinski definition) is 0. The first-order valence-corrected chi connectivity index (χ1v) is 27.0. The minimum absolute atomic E-state index is 0.179. The lowest BCUT2D eigenvalue weighted by Gasteiger charge is -2.26. The highest BCUT2D eigenvalue weighted by Gasteiger charge is 2.39. The van der Waals surface area contributed by atoms with Gasteiger partial charge in [-0.2, -0.15) is 0 Å². The summed E-state index contributed by atoms with van der Waals surface area (Å²) in [5, 5.41) is 0. The summed E-state index contributed by atoms with van der Waals surface area (Å²) in [5.41, 5.74) is 0. The molecule has 0 aromatic rings. The third-order valence-electron chi connectivity index (χ3n) is 9.43. The molecule has 0 aromatic heterocycles. The van der Waals surface area contributed by atoms with Crippen molar-refractivity contribution in [3.63, 3.8) is 0 Å². The summed E-state index contributed by atoms with van der Waals surface area (Å²) in [6, 6.07) is 2.50. The van der Waals surface area contributed by atoms with Gasteiger partial charge in [0.2, 0.25) is 0 Å². The van der Waals surface area contributed by atoms with E-state index in [1.165, 1.54) is 0 Å². The van der Waals surface area contributed by atoms with Gasteiger partial charge in [-0.15, -0.1) is 0 Å². The predicted molar refractivity (Wildman–Crippen MR) is 217 cm³/mol. The van der Waals surface area contributed by atoms with Gasteiger partial charge in [0, 0.05) is 136 Å². The van der Waals surface area contributed by atoms with Crippen LogP contribution >= 0.6 is 0 Å². The molecule has 0 spiro atoms. The Morgan fingerprint density at radius 3 is 0.875 bits per heavy atom. The summed E-state index contributed by atoms with van der Waals surface area (Å²) < 4.78 is 103.